The minimum absolute atomic E-state index is 0.0202. The van der Waals surface area contributed by atoms with E-state index in [0.29, 0.717) is 0 Å². The largest absolute Gasteiger partial charge is 0.459 e. The third kappa shape index (κ3) is 3.84. The topological polar surface area (TPSA) is 46.5 Å². The van der Waals surface area contributed by atoms with Crippen molar-refractivity contribution < 1.29 is 14.6 Å². The predicted octanol–water partition coefficient (Wildman–Crippen LogP) is 1.11. The lowest BCUT2D eigenvalue weighted by Crippen LogP contribution is -2.22. The Bertz CT molecular complexity index is 351. The van der Waals surface area contributed by atoms with Gasteiger partial charge in [-0.3, -0.25) is 0 Å². The molecule has 78 valence electrons. The number of hydrogen-bond donors (Lipinski definition) is 1. The molecule has 0 unspecified atom stereocenters. The fraction of sp³-hybridized carbons (Fsp3) is 0.250. The van der Waals surface area contributed by atoms with E-state index in [4.69, 9.17) is 11.2 Å². The molecule has 1 rings (SSSR count). The standard InChI is InChI=1S/C12H12O3/c1-2-6-11(13)12(14)15-9-10-7-4-3-5-8-10/h1,3-5,7-8,11,13H,6,9H2/t11-/m1/s1. The highest BCUT2D eigenvalue weighted by Crippen LogP contribution is 2.02. The average Bonchev–Trinajstić information content (AvgIpc) is 2.27. The van der Waals surface area contributed by atoms with Crippen LogP contribution in [0.5, 0.6) is 0 Å². The van der Waals surface area contributed by atoms with Crippen LogP contribution in [-0.4, -0.2) is 17.2 Å². The Morgan fingerprint density at radius 2 is 2.13 bits per heavy atom. The van der Waals surface area contributed by atoms with Crippen LogP contribution in [0.2, 0.25) is 0 Å². The minimum atomic E-state index is -1.22. The SMILES string of the molecule is C#CC[C@@H](O)C(=O)OCc1ccccc1. The molecule has 3 heteroatoms. The molecule has 0 bridgehead atoms. The van der Waals surface area contributed by atoms with E-state index in [1.54, 1.807) is 0 Å². The van der Waals surface area contributed by atoms with Crippen LogP contribution in [0.1, 0.15) is 12.0 Å². The molecule has 0 saturated heterocycles. The third-order valence-corrected chi connectivity index (χ3v) is 1.81. The van der Waals surface area contributed by atoms with Gasteiger partial charge in [-0.1, -0.05) is 30.3 Å². The molecule has 0 radical (unpaired) electrons. The summed E-state index contributed by atoms with van der Waals surface area (Å²) in [6.45, 7) is 0.154. The summed E-state index contributed by atoms with van der Waals surface area (Å²) in [5.41, 5.74) is 0.874. The summed E-state index contributed by atoms with van der Waals surface area (Å²) in [6.07, 6.45) is 3.71. The Hall–Kier alpha value is -1.79. The number of benzene rings is 1. The van der Waals surface area contributed by atoms with Gasteiger partial charge in [0.2, 0.25) is 0 Å². The molecule has 1 atom stereocenters. The van der Waals surface area contributed by atoms with Gasteiger partial charge in [-0.2, -0.15) is 0 Å². The van der Waals surface area contributed by atoms with Gasteiger partial charge in [-0.15, -0.1) is 12.3 Å². The van der Waals surface area contributed by atoms with E-state index in [1.807, 2.05) is 30.3 Å². The predicted molar refractivity (Wildman–Crippen MR) is 55.7 cm³/mol. The summed E-state index contributed by atoms with van der Waals surface area (Å²) in [5.74, 6) is 1.51. The number of carbonyl (C=O) groups excluding carboxylic acids is 1. The maximum atomic E-state index is 11.1. The fourth-order valence-electron chi connectivity index (χ4n) is 1.02. The van der Waals surface area contributed by atoms with E-state index in [9.17, 15) is 9.90 Å². The van der Waals surface area contributed by atoms with Crippen LogP contribution < -0.4 is 0 Å². The number of carbonyl (C=O) groups is 1. The second-order valence-corrected chi connectivity index (χ2v) is 3.02. The first-order chi connectivity index (χ1) is 7.24. The third-order valence-electron chi connectivity index (χ3n) is 1.81. The number of aliphatic hydroxyl groups excluding tert-OH is 1. The lowest BCUT2D eigenvalue weighted by molar-refractivity contribution is -0.154. The van der Waals surface area contributed by atoms with Crippen LogP contribution >= 0.6 is 0 Å². The lowest BCUT2D eigenvalue weighted by atomic mass is 10.2. The van der Waals surface area contributed by atoms with Gasteiger partial charge in [0.25, 0.3) is 0 Å². The van der Waals surface area contributed by atoms with Gasteiger partial charge in [0.1, 0.15) is 6.61 Å². The van der Waals surface area contributed by atoms with Crippen LogP contribution in [0, 0.1) is 12.3 Å². The second kappa shape index (κ2) is 5.84. The second-order valence-electron chi connectivity index (χ2n) is 3.02. The van der Waals surface area contributed by atoms with Gasteiger partial charge in [0.15, 0.2) is 6.10 Å². The maximum Gasteiger partial charge on any atom is 0.336 e. The van der Waals surface area contributed by atoms with Crippen LogP contribution in [0.4, 0.5) is 0 Å². The molecule has 1 N–H and O–H groups in total. The van der Waals surface area contributed by atoms with Gasteiger partial charge in [0, 0.05) is 6.42 Å². The Balaban J connectivity index is 2.38. The summed E-state index contributed by atoms with van der Waals surface area (Å²) in [7, 11) is 0. The molecule has 1 aromatic carbocycles. The number of aliphatic hydroxyl groups is 1. The molecule has 0 aliphatic heterocycles. The van der Waals surface area contributed by atoms with Crippen LogP contribution in [0.15, 0.2) is 30.3 Å². The van der Waals surface area contributed by atoms with E-state index in [-0.39, 0.29) is 13.0 Å². The van der Waals surface area contributed by atoms with Gasteiger partial charge >= 0.3 is 5.97 Å². The minimum Gasteiger partial charge on any atom is -0.459 e. The van der Waals surface area contributed by atoms with Gasteiger partial charge < -0.3 is 9.84 Å². The summed E-state index contributed by atoms with van der Waals surface area (Å²) in [4.78, 5) is 11.1. The van der Waals surface area contributed by atoms with Crippen LogP contribution in [-0.2, 0) is 16.1 Å². The van der Waals surface area contributed by atoms with E-state index in [2.05, 4.69) is 5.92 Å². The molecule has 0 aliphatic rings. The first-order valence-corrected chi connectivity index (χ1v) is 4.56. The number of esters is 1. The zero-order valence-corrected chi connectivity index (χ0v) is 8.22. The van der Waals surface area contributed by atoms with Crippen molar-refractivity contribution in [2.75, 3.05) is 0 Å². The first-order valence-electron chi connectivity index (χ1n) is 4.56. The monoisotopic (exact) mass is 204 g/mol. The number of terminal acetylenes is 1. The molecule has 0 amide bonds. The fourth-order valence-corrected chi connectivity index (χ4v) is 1.02. The summed E-state index contributed by atoms with van der Waals surface area (Å²) >= 11 is 0. The Kier molecular flexibility index (Phi) is 4.39. The van der Waals surface area contributed by atoms with Crippen molar-refractivity contribution in [3.05, 3.63) is 35.9 Å². The summed E-state index contributed by atoms with van der Waals surface area (Å²) in [6, 6.07) is 9.24. The number of rotatable bonds is 4. The highest BCUT2D eigenvalue weighted by molar-refractivity contribution is 5.74. The normalized spacial score (nSPS) is 11.5. The molecule has 1 aromatic rings. The van der Waals surface area contributed by atoms with Crippen LogP contribution in [0.3, 0.4) is 0 Å². The molecule has 0 spiro atoms. The van der Waals surface area contributed by atoms with Gasteiger partial charge in [-0.25, -0.2) is 4.79 Å². The molecule has 0 saturated carbocycles. The van der Waals surface area contributed by atoms with E-state index < -0.39 is 12.1 Å². The molecular weight excluding hydrogens is 192 g/mol. The molecule has 0 heterocycles. The number of hydrogen-bond acceptors (Lipinski definition) is 3. The van der Waals surface area contributed by atoms with Crippen molar-refractivity contribution in [1.29, 1.82) is 0 Å². The van der Waals surface area contributed by atoms with E-state index in [1.165, 1.54) is 0 Å². The van der Waals surface area contributed by atoms with Crippen molar-refractivity contribution in [2.24, 2.45) is 0 Å². The molecule has 0 aliphatic carbocycles. The van der Waals surface area contributed by atoms with Crippen molar-refractivity contribution in [2.45, 2.75) is 19.1 Å². The Labute approximate surface area is 88.7 Å². The first kappa shape index (κ1) is 11.3. The Morgan fingerprint density at radius 3 is 2.73 bits per heavy atom. The van der Waals surface area contributed by atoms with Gasteiger partial charge in [0.05, 0.1) is 0 Å². The summed E-state index contributed by atoms with van der Waals surface area (Å²) in [5, 5.41) is 9.18. The van der Waals surface area contributed by atoms with Crippen molar-refractivity contribution in [3.63, 3.8) is 0 Å². The molecule has 0 aromatic heterocycles. The Morgan fingerprint density at radius 1 is 1.47 bits per heavy atom. The van der Waals surface area contributed by atoms with Gasteiger partial charge in [-0.05, 0) is 5.56 Å². The maximum absolute atomic E-state index is 11.1. The van der Waals surface area contributed by atoms with Crippen molar-refractivity contribution in [3.8, 4) is 12.3 Å². The number of ether oxygens (including phenoxy) is 1. The van der Waals surface area contributed by atoms with Crippen molar-refractivity contribution >= 4 is 5.97 Å². The highest BCUT2D eigenvalue weighted by atomic mass is 16.5. The summed E-state index contributed by atoms with van der Waals surface area (Å²) < 4.78 is 4.86. The smallest absolute Gasteiger partial charge is 0.336 e. The van der Waals surface area contributed by atoms with E-state index in [0.717, 1.165) is 5.56 Å². The zero-order valence-electron chi connectivity index (χ0n) is 8.22. The molecule has 15 heavy (non-hydrogen) atoms. The quantitative estimate of drug-likeness (QED) is 0.590. The lowest BCUT2D eigenvalue weighted by Gasteiger charge is -2.07. The van der Waals surface area contributed by atoms with E-state index >= 15 is 0 Å². The highest BCUT2D eigenvalue weighted by Gasteiger charge is 2.14. The van der Waals surface area contributed by atoms with Crippen molar-refractivity contribution in [1.82, 2.24) is 0 Å². The molecular formula is C12H12O3. The van der Waals surface area contributed by atoms with Crippen LogP contribution in [0.25, 0.3) is 0 Å². The average molecular weight is 204 g/mol. The molecule has 0 fully saturated rings. The molecule has 3 nitrogen and oxygen atoms in total. The zero-order chi connectivity index (χ0) is 11.1.